The maximum atomic E-state index is 5.90. The van der Waals surface area contributed by atoms with E-state index in [0.717, 1.165) is 0 Å². The summed E-state index contributed by atoms with van der Waals surface area (Å²) in [7, 11) is 0. The zero-order valence-electron chi connectivity index (χ0n) is 6.48. The summed E-state index contributed by atoms with van der Waals surface area (Å²) in [5.41, 5.74) is 1.26. The molecule has 0 saturated heterocycles. The van der Waals surface area contributed by atoms with Gasteiger partial charge in [0.1, 0.15) is 0 Å². The van der Waals surface area contributed by atoms with Gasteiger partial charge in [-0.3, -0.25) is 0 Å². The van der Waals surface area contributed by atoms with E-state index in [9.17, 15) is 0 Å². The summed E-state index contributed by atoms with van der Waals surface area (Å²) in [6.45, 7) is 0. The fourth-order valence-electron chi connectivity index (χ4n) is 1.21. The molecule has 13 heavy (non-hydrogen) atoms. The van der Waals surface area contributed by atoms with Crippen molar-refractivity contribution in [1.82, 2.24) is 0 Å². The minimum Gasteiger partial charge on any atom is -0.144 e. The molecular weight excluding hydrogens is 429 g/mol. The van der Waals surface area contributed by atoms with Crippen LogP contribution in [-0.2, 0) is 5.88 Å². The number of halogens is 3. The van der Waals surface area contributed by atoms with Crippen LogP contribution in [-0.4, -0.2) is 0 Å². The monoisotopic (exact) mass is 434 g/mol. The summed E-state index contributed by atoms with van der Waals surface area (Å²) in [4.78, 5) is 0. The van der Waals surface area contributed by atoms with E-state index >= 15 is 0 Å². The molecule has 0 aliphatic rings. The smallest absolute Gasteiger partial charge is 0.0495 e. The molecule has 0 unspecified atom stereocenters. The molecular formula is C9H5ClI2S. The van der Waals surface area contributed by atoms with Crippen LogP contribution in [0.2, 0.25) is 0 Å². The molecule has 1 heterocycles. The quantitative estimate of drug-likeness (QED) is 0.445. The Balaban J connectivity index is 2.85. The molecule has 0 aliphatic heterocycles. The van der Waals surface area contributed by atoms with Crippen LogP contribution >= 0.6 is 68.1 Å². The lowest BCUT2D eigenvalue weighted by Gasteiger charge is -2.04. The molecule has 0 fully saturated rings. The number of hydrogen-bond donors (Lipinski definition) is 0. The third-order valence-corrected chi connectivity index (χ3v) is 5.20. The van der Waals surface area contributed by atoms with Gasteiger partial charge in [0, 0.05) is 23.1 Å². The molecule has 2 rings (SSSR count). The van der Waals surface area contributed by atoms with Crippen LogP contribution < -0.4 is 0 Å². The summed E-state index contributed by atoms with van der Waals surface area (Å²) in [6.07, 6.45) is 0. The molecule has 2 aromatic rings. The first-order valence-electron chi connectivity index (χ1n) is 3.64. The topological polar surface area (TPSA) is 0 Å². The van der Waals surface area contributed by atoms with Gasteiger partial charge in [-0.2, -0.15) is 0 Å². The first-order chi connectivity index (χ1) is 6.24. The second-order valence-electron chi connectivity index (χ2n) is 2.62. The molecule has 1 aromatic carbocycles. The van der Waals surface area contributed by atoms with Crippen molar-refractivity contribution in [1.29, 1.82) is 0 Å². The lowest BCUT2D eigenvalue weighted by atomic mass is 10.2. The molecule has 1 aromatic heterocycles. The molecule has 0 amide bonds. The Morgan fingerprint density at radius 1 is 1.38 bits per heavy atom. The van der Waals surface area contributed by atoms with Gasteiger partial charge in [0.15, 0.2) is 0 Å². The Labute approximate surface area is 113 Å². The number of thiophene rings is 1. The summed E-state index contributed by atoms with van der Waals surface area (Å²) in [5.74, 6) is 0.600. The third kappa shape index (κ3) is 1.85. The van der Waals surface area contributed by atoms with Crippen molar-refractivity contribution in [3.8, 4) is 0 Å². The fraction of sp³-hybridized carbons (Fsp3) is 0.111. The van der Waals surface area contributed by atoms with Gasteiger partial charge in [-0.05, 0) is 68.3 Å². The normalized spacial score (nSPS) is 11.0. The maximum Gasteiger partial charge on any atom is 0.0495 e. The Morgan fingerprint density at radius 2 is 2.15 bits per heavy atom. The Hall–Kier alpha value is 0.930. The lowest BCUT2D eigenvalue weighted by Crippen LogP contribution is -1.89. The molecule has 0 bridgehead atoms. The van der Waals surface area contributed by atoms with Crippen LogP contribution in [0.25, 0.3) is 10.1 Å². The number of fused-ring (bicyclic) bond motifs is 1. The predicted octanol–water partition coefficient (Wildman–Crippen LogP) is 4.85. The van der Waals surface area contributed by atoms with Crippen molar-refractivity contribution in [2.24, 2.45) is 0 Å². The first kappa shape index (κ1) is 10.4. The second-order valence-corrected chi connectivity index (χ2v) is 6.07. The first-order valence-corrected chi connectivity index (χ1v) is 7.21. The van der Waals surface area contributed by atoms with Crippen molar-refractivity contribution >= 4 is 78.2 Å². The number of rotatable bonds is 1. The van der Waals surface area contributed by atoms with Crippen LogP contribution in [0.5, 0.6) is 0 Å². The average Bonchev–Trinajstić information content (AvgIpc) is 2.53. The molecule has 0 atom stereocenters. The molecule has 0 nitrogen and oxygen atoms in total. The van der Waals surface area contributed by atoms with E-state index in [-0.39, 0.29) is 0 Å². The zero-order chi connectivity index (χ0) is 9.42. The van der Waals surface area contributed by atoms with Crippen LogP contribution in [0.4, 0.5) is 0 Å². The molecule has 0 spiro atoms. The Bertz CT molecular complexity index is 450. The molecule has 4 heteroatoms. The van der Waals surface area contributed by atoms with Crippen LogP contribution in [0.3, 0.4) is 0 Å². The summed E-state index contributed by atoms with van der Waals surface area (Å²) < 4.78 is 3.92. The van der Waals surface area contributed by atoms with Gasteiger partial charge in [-0.25, -0.2) is 0 Å². The van der Waals surface area contributed by atoms with Crippen LogP contribution in [0, 0.1) is 7.14 Å². The summed E-state index contributed by atoms with van der Waals surface area (Å²) in [5, 5.41) is 3.46. The SMILES string of the molecule is ClCc1c(I)cc2sccc2c1I. The number of benzene rings is 1. The van der Waals surface area contributed by atoms with Crippen molar-refractivity contribution < 1.29 is 0 Å². The summed E-state index contributed by atoms with van der Waals surface area (Å²) in [6, 6.07) is 4.37. The molecule has 0 N–H and O–H groups in total. The Morgan fingerprint density at radius 3 is 2.85 bits per heavy atom. The van der Waals surface area contributed by atoms with Crippen molar-refractivity contribution in [2.75, 3.05) is 0 Å². The minimum atomic E-state index is 0.600. The maximum absolute atomic E-state index is 5.90. The van der Waals surface area contributed by atoms with E-state index in [1.165, 1.54) is 22.8 Å². The summed E-state index contributed by atoms with van der Waals surface area (Å²) >= 11 is 12.4. The van der Waals surface area contributed by atoms with Gasteiger partial charge in [0.25, 0.3) is 0 Å². The van der Waals surface area contributed by atoms with E-state index in [2.05, 4.69) is 62.7 Å². The predicted molar refractivity (Wildman–Crippen MR) is 76.8 cm³/mol. The van der Waals surface area contributed by atoms with Crippen LogP contribution in [0.1, 0.15) is 5.56 Å². The zero-order valence-corrected chi connectivity index (χ0v) is 12.4. The standard InChI is InChI=1S/C9H5ClI2S/c10-4-6-7(11)3-8-5(9(6)12)1-2-13-8/h1-3H,4H2. The van der Waals surface area contributed by atoms with Gasteiger partial charge in [0.2, 0.25) is 0 Å². The largest absolute Gasteiger partial charge is 0.144 e. The Kier molecular flexibility index (Phi) is 3.38. The van der Waals surface area contributed by atoms with E-state index in [4.69, 9.17) is 11.6 Å². The highest BCUT2D eigenvalue weighted by molar-refractivity contribution is 14.1. The van der Waals surface area contributed by atoms with Crippen LogP contribution in [0.15, 0.2) is 17.5 Å². The number of alkyl halides is 1. The third-order valence-electron chi connectivity index (χ3n) is 1.88. The fourth-order valence-corrected chi connectivity index (χ4v) is 5.40. The van der Waals surface area contributed by atoms with Gasteiger partial charge in [-0.1, -0.05) is 0 Å². The molecule has 0 radical (unpaired) electrons. The van der Waals surface area contributed by atoms with Gasteiger partial charge >= 0.3 is 0 Å². The van der Waals surface area contributed by atoms with E-state index in [1.807, 2.05) is 0 Å². The van der Waals surface area contributed by atoms with Gasteiger partial charge in [-0.15, -0.1) is 22.9 Å². The van der Waals surface area contributed by atoms with Gasteiger partial charge < -0.3 is 0 Å². The highest BCUT2D eigenvalue weighted by Crippen LogP contribution is 2.32. The highest BCUT2D eigenvalue weighted by Gasteiger charge is 2.09. The molecule has 0 saturated carbocycles. The van der Waals surface area contributed by atoms with Crippen molar-refractivity contribution in [2.45, 2.75) is 5.88 Å². The molecule has 0 aliphatic carbocycles. The number of hydrogen-bond acceptors (Lipinski definition) is 1. The van der Waals surface area contributed by atoms with Gasteiger partial charge in [0.05, 0.1) is 0 Å². The highest BCUT2D eigenvalue weighted by atomic mass is 127. The van der Waals surface area contributed by atoms with E-state index in [0.29, 0.717) is 5.88 Å². The van der Waals surface area contributed by atoms with E-state index in [1.54, 1.807) is 11.3 Å². The molecule has 68 valence electrons. The second kappa shape index (κ2) is 4.20. The average molecular weight is 434 g/mol. The van der Waals surface area contributed by atoms with E-state index < -0.39 is 0 Å². The lowest BCUT2D eigenvalue weighted by molar-refractivity contribution is 1.36. The van der Waals surface area contributed by atoms with Crippen molar-refractivity contribution in [3.05, 3.63) is 30.2 Å². The minimum absolute atomic E-state index is 0.600. The van der Waals surface area contributed by atoms with Crippen molar-refractivity contribution in [3.63, 3.8) is 0 Å².